The summed E-state index contributed by atoms with van der Waals surface area (Å²) in [4.78, 5) is 0. The van der Waals surface area contributed by atoms with Crippen molar-refractivity contribution in [3.8, 4) is 0 Å². The molecule has 2 aliphatic rings. The Hall–Kier alpha value is -0.0800. The zero-order chi connectivity index (χ0) is 11.5. The van der Waals surface area contributed by atoms with Gasteiger partial charge in [-0.25, -0.2) is 0 Å². The van der Waals surface area contributed by atoms with Gasteiger partial charge >= 0.3 is 0 Å². The van der Waals surface area contributed by atoms with Crippen LogP contribution in [0.2, 0.25) is 0 Å². The van der Waals surface area contributed by atoms with Crippen LogP contribution in [0.25, 0.3) is 0 Å². The first-order chi connectivity index (χ1) is 7.66. The van der Waals surface area contributed by atoms with Crippen LogP contribution in [0.5, 0.6) is 0 Å². The Morgan fingerprint density at radius 1 is 1.19 bits per heavy atom. The van der Waals surface area contributed by atoms with Gasteiger partial charge in [0.15, 0.2) is 0 Å². The molecule has 2 heteroatoms. The van der Waals surface area contributed by atoms with E-state index >= 15 is 0 Å². The number of ether oxygens (including phenoxy) is 1. The highest BCUT2D eigenvalue weighted by molar-refractivity contribution is 4.83. The molecule has 0 amide bonds. The monoisotopic (exact) mass is 225 g/mol. The van der Waals surface area contributed by atoms with Gasteiger partial charge in [0, 0.05) is 6.54 Å². The van der Waals surface area contributed by atoms with E-state index < -0.39 is 0 Å². The molecule has 4 atom stereocenters. The van der Waals surface area contributed by atoms with Crippen molar-refractivity contribution in [2.75, 3.05) is 13.1 Å². The molecule has 16 heavy (non-hydrogen) atoms. The molecule has 2 nitrogen and oxygen atoms in total. The summed E-state index contributed by atoms with van der Waals surface area (Å²) in [6.45, 7) is 9.28. The maximum Gasteiger partial charge on any atom is 0.0715 e. The summed E-state index contributed by atoms with van der Waals surface area (Å²) in [5.74, 6) is 2.41. The summed E-state index contributed by atoms with van der Waals surface area (Å²) in [7, 11) is 0. The van der Waals surface area contributed by atoms with E-state index in [1.165, 1.54) is 25.7 Å². The first-order valence-corrected chi connectivity index (χ1v) is 7.03. The van der Waals surface area contributed by atoms with Gasteiger partial charge in [0.25, 0.3) is 0 Å². The van der Waals surface area contributed by atoms with Gasteiger partial charge < -0.3 is 10.1 Å². The van der Waals surface area contributed by atoms with E-state index in [0.717, 1.165) is 30.8 Å². The Morgan fingerprint density at radius 3 is 2.62 bits per heavy atom. The highest BCUT2D eigenvalue weighted by Crippen LogP contribution is 2.36. The van der Waals surface area contributed by atoms with Crippen LogP contribution in [0.3, 0.4) is 0 Å². The van der Waals surface area contributed by atoms with Crippen LogP contribution in [0.15, 0.2) is 0 Å². The average Bonchev–Trinajstić information content (AvgIpc) is 2.70. The Morgan fingerprint density at radius 2 is 2.00 bits per heavy atom. The molecule has 94 valence electrons. The highest BCUT2D eigenvalue weighted by atomic mass is 16.5. The fraction of sp³-hybridized carbons (Fsp3) is 1.00. The Kier molecular flexibility index (Phi) is 4.26. The molecule has 0 bridgehead atoms. The van der Waals surface area contributed by atoms with Crippen LogP contribution < -0.4 is 5.32 Å². The largest absolute Gasteiger partial charge is 0.373 e. The van der Waals surface area contributed by atoms with Crippen molar-refractivity contribution >= 4 is 0 Å². The van der Waals surface area contributed by atoms with Crippen molar-refractivity contribution in [1.82, 2.24) is 5.32 Å². The molecule has 2 rings (SSSR count). The van der Waals surface area contributed by atoms with Crippen LogP contribution in [0.1, 0.15) is 46.5 Å². The van der Waals surface area contributed by atoms with Gasteiger partial charge in [-0.3, -0.25) is 0 Å². The molecule has 0 aromatic heterocycles. The Bertz CT molecular complexity index is 211. The number of rotatable bonds is 3. The summed E-state index contributed by atoms with van der Waals surface area (Å²) < 4.78 is 6.33. The summed E-state index contributed by atoms with van der Waals surface area (Å²) in [6.07, 6.45) is 6.25. The summed E-state index contributed by atoms with van der Waals surface area (Å²) in [6, 6.07) is 0. The van der Waals surface area contributed by atoms with E-state index in [9.17, 15) is 0 Å². The van der Waals surface area contributed by atoms with Gasteiger partial charge in [0.05, 0.1) is 12.2 Å². The fourth-order valence-electron chi connectivity index (χ4n) is 3.26. The van der Waals surface area contributed by atoms with Crippen LogP contribution in [-0.4, -0.2) is 25.3 Å². The Labute approximate surface area is 100 Å². The molecule has 1 aliphatic heterocycles. The summed E-state index contributed by atoms with van der Waals surface area (Å²) in [5.41, 5.74) is 0. The lowest BCUT2D eigenvalue weighted by atomic mass is 9.75. The molecular weight excluding hydrogens is 198 g/mol. The van der Waals surface area contributed by atoms with Crippen molar-refractivity contribution in [2.45, 2.75) is 58.7 Å². The maximum absolute atomic E-state index is 6.33. The average molecular weight is 225 g/mol. The minimum atomic E-state index is 0.483. The van der Waals surface area contributed by atoms with Crippen molar-refractivity contribution in [1.29, 1.82) is 0 Å². The molecule has 0 radical (unpaired) electrons. The lowest BCUT2D eigenvalue weighted by Crippen LogP contribution is -2.37. The predicted molar refractivity (Wildman–Crippen MR) is 67.5 cm³/mol. The predicted octanol–water partition coefficient (Wildman–Crippen LogP) is 2.83. The normalized spacial score (nSPS) is 40.5. The van der Waals surface area contributed by atoms with Crippen LogP contribution in [0.4, 0.5) is 0 Å². The van der Waals surface area contributed by atoms with E-state index in [-0.39, 0.29) is 0 Å². The standard InChI is InChI=1S/C14H27NO/c1-10(2)13-5-4-11(3)8-14(13)16-12-6-7-15-9-12/h10-15H,4-9H2,1-3H3/t11?,12-,13?,14?/m0/s1. The molecule has 0 spiro atoms. The molecule has 1 aliphatic carbocycles. The molecule has 0 aromatic rings. The van der Waals surface area contributed by atoms with Crippen molar-refractivity contribution < 1.29 is 4.74 Å². The maximum atomic E-state index is 6.33. The van der Waals surface area contributed by atoms with E-state index in [0.29, 0.717) is 12.2 Å². The van der Waals surface area contributed by atoms with E-state index in [2.05, 4.69) is 26.1 Å². The molecule has 1 N–H and O–H groups in total. The summed E-state index contributed by atoms with van der Waals surface area (Å²) >= 11 is 0. The zero-order valence-corrected chi connectivity index (χ0v) is 11.0. The van der Waals surface area contributed by atoms with Crippen LogP contribution >= 0.6 is 0 Å². The number of nitrogens with one attached hydrogen (secondary N) is 1. The highest BCUT2D eigenvalue weighted by Gasteiger charge is 2.33. The lowest BCUT2D eigenvalue weighted by molar-refractivity contribution is -0.0728. The summed E-state index contributed by atoms with van der Waals surface area (Å²) in [5, 5.41) is 3.39. The topological polar surface area (TPSA) is 21.3 Å². The minimum Gasteiger partial charge on any atom is -0.373 e. The Balaban J connectivity index is 1.91. The fourth-order valence-corrected chi connectivity index (χ4v) is 3.26. The smallest absolute Gasteiger partial charge is 0.0715 e. The molecule has 0 aromatic carbocycles. The van der Waals surface area contributed by atoms with E-state index in [4.69, 9.17) is 4.74 Å². The lowest BCUT2D eigenvalue weighted by Gasteiger charge is -2.38. The van der Waals surface area contributed by atoms with Gasteiger partial charge in [-0.15, -0.1) is 0 Å². The van der Waals surface area contributed by atoms with Crippen molar-refractivity contribution in [3.05, 3.63) is 0 Å². The molecule has 1 saturated carbocycles. The number of hydrogen-bond donors (Lipinski definition) is 1. The number of hydrogen-bond acceptors (Lipinski definition) is 2. The third-order valence-corrected chi connectivity index (χ3v) is 4.34. The minimum absolute atomic E-state index is 0.483. The molecular formula is C14H27NO. The molecule has 3 unspecified atom stereocenters. The van der Waals surface area contributed by atoms with Crippen LogP contribution in [-0.2, 0) is 4.74 Å². The third kappa shape index (κ3) is 2.98. The first kappa shape index (κ1) is 12.4. The van der Waals surface area contributed by atoms with Gasteiger partial charge in [-0.05, 0) is 43.6 Å². The molecule has 1 heterocycles. The van der Waals surface area contributed by atoms with Gasteiger partial charge in [-0.2, -0.15) is 0 Å². The second-order valence-electron chi connectivity index (χ2n) is 6.12. The van der Waals surface area contributed by atoms with E-state index in [1.807, 2.05) is 0 Å². The molecule has 2 fully saturated rings. The first-order valence-electron chi connectivity index (χ1n) is 7.03. The van der Waals surface area contributed by atoms with Crippen LogP contribution in [0, 0.1) is 17.8 Å². The van der Waals surface area contributed by atoms with Gasteiger partial charge in [0.1, 0.15) is 0 Å². The SMILES string of the molecule is CC1CCC(C(C)C)C(O[C@H]2CCNC2)C1. The van der Waals surface area contributed by atoms with Gasteiger partial charge in [0.2, 0.25) is 0 Å². The zero-order valence-electron chi connectivity index (χ0n) is 11.0. The third-order valence-electron chi connectivity index (χ3n) is 4.34. The second-order valence-corrected chi connectivity index (χ2v) is 6.12. The van der Waals surface area contributed by atoms with Crippen molar-refractivity contribution in [3.63, 3.8) is 0 Å². The quantitative estimate of drug-likeness (QED) is 0.797. The van der Waals surface area contributed by atoms with Crippen molar-refractivity contribution in [2.24, 2.45) is 17.8 Å². The van der Waals surface area contributed by atoms with E-state index in [1.54, 1.807) is 0 Å². The van der Waals surface area contributed by atoms with Gasteiger partial charge in [-0.1, -0.05) is 27.2 Å². The second kappa shape index (κ2) is 5.50. The molecule has 1 saturated heterocycles.